The van der Waals surface area contributed by atoms with E-state index in [0.29, 0.717) is 0 Å². The molecule has 0 spiro atoms. The fourth-order valence-electron chi connectivity index (χ4n) is 2.70. The maximum absolute atomic E-state index is 9.19. The fraction of sp³-hybridized carbons (Fsp3) is 0.625. The summed E-state index contributed by atoms with van der Waals surface area (Å²) in [7, 11) is 2.17. The minimum absolute atomic E-state index is 0.180. The van der Waals surface area contributed by atoms with Crippen LogP contribution < -0.4 is 10.2 Å². The standard InChI is InChI=1S/C16H26N2O/c1-13(19)5-3-9-17-12-14-7-8-16-15(11-14)6-4-10-18(16)2/h7-8,11,13,17,19H,3-6,9-10,12H2,1-2H3. The van der Waals surface area contributed by atoms with Gasteiger partial charge in [0.25, 0.3) is 0 Å². The largest absolute Gasteiger partial charge is 0.393 e. The van der Waals surface area contributed by atoms with Crippen LogP contribution in [0.25, 0.3) is 0 Å². The van der Waals surface area contributed by atoms with Crippen molar-refractivity contribution in [2.24, 2.45) is 0 Å². The highest BCUT2D eigenvalue weighted by Gasteiger charge is 2.13. The van der Waals surface area contributed by atoms with E-state index in [1.165, 1.54) is 36.2 Å². The van der Waals surface area contributed by atoms with Gasteiger partial charge >= 0.3 is 0 Å². The van der Waals surface area contributed by atoms with Gasteiger partial charge in [-0.25, -0.2) is 0 Å². The lowest BCUT2D eigenvalue weighted by atomic mass is 9.99. The third kappa shape index (κ3) is 4.22. The summed E-state index contributed by atoms with van der Waals surface area (Å²) in [4.78, 5) is 2.35. The Kier molecular flexibility index (Phi) is 5.23. The molecule has 3 heteroatoms. The van der Waals surface area contributed by atoms with Crippen LogP contribution in [0.1, 0.15) is 37.3 Å². The van der Waals surface area contributed by atoms with E-state index in [1.807, 2.05) is 6.92 Å². The van der Waals surface area contributed by atoms with Crippen molar-refractivity contribution in [3.05, 3.63) is 29.3 Å². The lowest BCUT2D eigenvalue weighted by Crippen LogP contribution is -2.25. The first-order valence-electron chi connectivity index (χ1n) is 7.38. The lowest BCUT2D eigenvalue weighted by Gasteiger charge is -2.27. The predicted molar refractivity (Wildman–Crippen MR) is 80.7 cm³/mol. The zero-order chi connectivity index (χ0) is 13.7. The normalized spacial score (nSPS) is 16.3. The van der Waals surface area contributed by atoms with E-state index in [-0.39, 0.29) is 6.10 Å². The summed E-state index contributed by atoms with van der Waals surface area (Å²) in [5, 5.41) is 12.6. The average molecular weight is 262 g/mol. The van der Waals surface area contributed by atoms with Gasteiger partial charge in [-0.1, -0.05) is 12.1 Å². The minimum Gasteiger partial charge on any atom is -0.393 e. The molecule has 0 saturated heterocycles. The summed E-state index contributed by atoms with van der Waals surface area (Å²) in [6.45, 7) is 4.92. The van der Waals surface area contributed by atoms with Crippen molar-refractivity contribution in [3.8, 4) is 0 Å². The van der Waals surface area contributed by atoms with E-state index in [2.05, 4.69) is 35.5 Å². The second-order valence-corrected chi connectivity index (χ2v) is 5.66. The topological polar surface area (TPSA) is 35.5 Å². The molecule has 0 fully saturated rings. The van der Waals surface area contributed by atoms with Crippen LogP contribution in [0, 0.1) is 0 Å². The van der Waals surface area contributed by atoms with E-state index in [4.69, 9.17) is 0 Å². The molecule has 0 aliphatic carbocycles. The SMILES string of the molecule is CC(O)CCCNCc1ccc2c(c1)CCCN2C. The Morgan fingerprint density at radius 3 is 3.05 bits per heavy atom. The van der Waals surface area contributed by atoms with Crippen LogP contribution >= 0.6 is 0 Å². The van der Waals surface area contributed by atoms with Gasteiger partial charge in [-0.15, -0.1) is 0 Å². The number of aryl methyl sites for hydroxylation is 1. The van der Waals surface area contributed by atoms with E-state index < -0.39 is 0 Å². The molecule has 1 aliphatic rings. The summed E-state index contributed by atoms with van der Waals surface area (Å²) >= 11 is 0. The number of rotatable bonds is 6. The number of anilines is 1. The number of nitrogens with zero attached hydrogens (tertiary/aromatic N) is 1. The fourth-order valence-corrected chi connectivity index (χ4v) is 2.70. The van der Waals surface area contributed by atoms with Gasteiger partial charge in [0.1, 0.15) is 0 Å². The van der Waals surface area contributed by atoms with Gasteiger partial charge < -0.3 is 15.3 Å². The van der Waals surface area contributed by atoms with Crippen molar-refractivity contribution in [1.29, 1.82) is 0 Å². The van der Waals surface area contributed by atoms with Gasteiger partial charge in [0.05, 0.1) is 6.10 Å². The Hall–Kier alpha value is -1.06. The van der Waals surface area contributed by atoms with Gasteiger partial charge in [-0.3, -0.25) is 0 Å². The van der Waals surface area contributed by atoms with E-state index >= 15 is 0 Å². The van der Waals surface area contributed by atoms with E-state index in [1.54, 1.807) is 0 Å². The number of fused-ring (bicyclic) bond motifs is 1. The minimum atomic E-state index is -0.180. The maximum Gasteiger partial charge on any atom is 0.0512 e. The Balaban J connectivity index is 1.81. The highest BCUT2D eigenvalue weighted by Crippen LogP contribution is 2.26. The third-order valence-electron chi connectivity index (χ3n) is 3.80. The molecule has 1 aromatic carbocycles. The second-order valence-electron chi connectivity index (χ2n) is 5.66. The smallest absolute Gasteiger partial charge is 0.0512 e. The molecule has 106 valence electrons. The second kappa shape index (κ2) is 6.92. The summed E-state index contributed by atoms with van der Waals surface area (Å²) in [6, 6.07) is 6.82. The van der Waals surface area contributed by atoms with Gasteiger partial charge in [-0.05, 0) is 56.3 Å². The predicted octanol–water partition coefficient (Wildman–Crippen LogP) is 2.32. The Morgan fingerprint density at radius 2 is 2.26 bits per heavy atom. The molecular formula is C16H26N2O. The van der Waals surface area contributed by atoms with Crippen LogP contribution in [0.3, 0.4) is 0 Å². The van der Waals surface area contributed by atoms with E-state index in [0.717, 1.165) is 25.9 Å². The van der Waals surface area contributed by atoms with Crippen LogP contribution in [-0.2, 0) is 13.0 Å². The summed E-state index contributed by atoms with van der Waals surface area (Å²) in [5.74, 6) is 0. The van der Waals surface area contributed by atoms with Gasteiger partial charge in [0.2, 0.25) is 0 Å². The third-order valence-corrected chi connectivity index (χ3v) is 3.80. The van der Waals surface area contributed by atoms with Crippen molar-refractivity contribution in [3.63, 3.8) is 0 Å². The number of benzene rings is 1. The van der Waals surface area contributed by atoms with Crippen LogP contribution in [0.2, 0.25) is 0 Å². The van der Waals surface area contributed by atoms with Crippen molar-refractivity contribution in [1.82, 2.24) is 5.32 Å². The molecule has 2 N–H and O–H groups in total. The maximum atomic E-state index is 9.19. The molecule has 1 atom stereocenters. The highest BCUT2D eigenvalue weighted by molar-refractivity contribution is 5.56. The van der Waals surface area contributed by atoms with Gasteiger partial charge in [-0.2, -0.15) is 0 Å². The summed E-state index contributed by atoms with van der Waals surface area (Å²) in [6.07, 6.45) is 4.19. The van der Waals surface area contributed by atoms with Gasteiger partial charge in [0.15, 0.2) is 0 Å². The monoisotopic (exact) mass is 262 g/mol. The first-order valence-corrected chi connectivity index (χ1v) is 7.38. The molecule has 1 aliphatic heterocycles. The summed E-state index contributed by atoms with van der Waals surface area (Å²) in [5.41, 5.74) is 4.24. The van der Waals surface area contributed by atoms with Crippen LogP contribution in [-0.4, -0.2) is 31.3 Å². The Bertz CT molecular complexity index is 404. The Labute approximate surface area is 116 Å². The molecule has 3 nitrogen and oxygen atoms in total. The summed E-state index contributed by atoms with van der Waals surface area (Å²) < 4.78 is 0. The number of nitrogens with one attached hydrogen (secondary N) is 1. The Morgan fingerprint density at radius 1 is 1.42 bits per heavy atom. The molecule has 1 aromatic rings. The highest BCUT2D eigenvalue weighted by atomic mass is 16.3. The number of hydrogen-bond acceptors (Lipinski definition) is 3. The van der Waals surface area contributed by atoms with Crippen molar-refractivity contribution in [2.75, 3.05) is 25.0 Å². The lowest BCUT2D eigenvalue weighted by molar-refractivity contribution is 0.181. The van der Waals surface area contributed by atoms with E-state index in [9.17, 15) is 5.11 Å². The van der Waals surface area contributed by atoms with Gasteiger partial charge in [0, 0.05) is 25.8 Å². The molecule has 2 rings (SSSR count). The number of aliphatic hydroxyl groups excluding tert-OH is 1. The molecule has 19 heavy (non-hydrogen) atoms. The molecule has 0 saturated carbocycles. The zero-order valence-corrected chi connectivity index (χ0v) is 12.2. The number of hydrogen-bond donors (Lipinski definition) is 2. The molecule has 1 heterocycles. The van der Waals surface area contributed by atoms with Crippen LogP contribution in [0.4, 0.5) is 5.69 Å². The molecular weight excluding hydrogens is 236 g/mol. The van der Waals surface area contributed by atoms with Crippen molar-refractivity contribution < 1.29 is 5.11 Å². The molecule has 0 bridgehead atoms. The molecule has 0 radical (unpaired) electrons. The van der Waals surface area contributed by atoms with Crippen molar-refractivity contribution in [2.45, 2.75) is 45.3 Å². The quantitative estimate of drug-likeness (QED) is 0.772. The average Bonchev–Trinajstić information content (AvgIpc) is 2.38. The van der Waals surface area contributed by atoms with Crippen LogP contribution in [0.15, 0.2) is 18.2 Å². The van der Waals surface area contributed by atoms with Crippen LogP contribution in [0.5, 0.6) is 0 Å². The molecule has 1 unspecified atom stereocenters. The van der Waals surface area contributed by atoms with Crippen molar-refractivity contribution >= 4 is 5.69 Å². The number of aliphatic hydroxyl groups is 1. The molecule has 0 aromatic heterocycles. The first-order chi connectivity index (χ1) is 9.16. The molecule has 0 amide bonds. The first kappa shape index (κ1) is 14.4. The zero-order valence-electron chi connectivity index (χ0n) is 12.2.